The lowest BCUT2D eigenvalue weighted by Gasteiger charge is -2.28. The minimum atomic E-state index is 0.250. The summed E-state index contributed by atoms with van der Waals surface area (Å²) >= 11 is 0. The molecule has 2 aromatic rings. The Balaban J connectivity index is 1.85. The molecule has 1 aliphatic rings. The molecule has 1 aliphatic heterocycles. The average Bonchev–Trinajstić information content (AvgIpc) is 2.84. The van der Waals surface area contributed by atoms with Crippen LogP contribution in [0.1, 0.15) is 11.6 Å². The van der Waals surface area contributed by atoms with Gasteiger partial charge in [0.15, 0.2) is 0 Å². The predicted molar refractivity (Wildman–Crippen MR) is 71.1 cm³/mol. The van der Waals surface area contributed by atoms with Crippen LogP contribution in [0.4, 0.5) is 11.4 Å². The van der Waals surface area contributed by atoms with Gasteiger partial charge in [-0.3, -0.25) is 4.68 Å². The van der Waals surface area contributed by atoms with Crippen LogP contribution < -0.4 is 15.4 Å². The molecule has 0 saturated carbocycles. The first kappa shape index (κ1) is 11.0. The Morgan fingerprint density at radius 1 is 1.39 bits per heavy atom. The Bertz CT molecular complexity index is 564. The SMILES string of the molecule is COc1ccc2c(c1)NCC(c1cnn(C)c1)N2. The number of fused-ring (bicyclic) bond motifs is 1. The van der Waals surface area contributed by atoms with Gasteiger partial charge in [-0.15, -0.1) is 0 Å². The van der Waals surface area contributed by atoms with Gasteiger partial charge in [0, 0.05) is 31.4 Å². The molecular formula is C13H16N4O. The van der Waals surface area contributed by atoms with Gasteiger partial charge in [-0.2, -0.15) is 5.10 Å². The van der Waals surface area contributed by atoms with Gasteiger partial charge in [0.05, 0.1) is 30.7 Å². The molecule has 1 atom stereocenters. The molecule has 1 unspecified atom stereocenters. The Morgan fingerprint density at radius 2 is 2.28 bits per heavy atom. The number of aromatic nitrogens is 2. The summed E-state index contributed by atoms with van der Waals surface area (Å²) in [7, 11) is 3.61. The largest absolute Gasteiger partial charge is 0.497 e. The fraction of sp³-hybridized carbons (Fsp3) is 0.308. The van der Waals surface area contributed by atoms with E-state index in [0.717, 1.165) is 23.7 Å². The number of benzene rings is 1. The van der Waals surface area contributed by atoms with Gasteiger partial charge in [0.1, 0.15) is 5.75 Å². The summed E-state index contributed by atoms with van der Waals surface area (Å²) in [4.78, 5) is 0. The fourth-order valence-electron chi connectivity index (χ4n) is 2.19. The van der Waals surface area contributed by atoms with E-state index in [2.05, 4.69) is 15.7 Å². The number of nitrogens with zero attached hydrogens (tertiary/aromatic N) is 2. The first-order chi connectivity index (χ1) is 8.76. The molecule has 1 aromatic heterocycles. The molecule has 0 radical (unpaired) electrons. The van der Waals surface area contributed by atoms with E-state index in [1.165, 1.54) is 5.56 Å². The first-order valence-electron chi connectivity index (χ1n) is 5.93. The third kappa shape index (κ3) is 1.88. The molecule has 5 nitrogen and oxygen atoms in total. The zero-order valence-corrected chi connectivity index (χ0v) is 10.5. The van der Waals surface area contributed by atoms with E-state index < -0.39 is 0 Å². The normalized spacial score (nSPS) is 17.6. The molecule has 5 heteroatoms. The van der Waals surface area contributed by atoms with Gasteiger partial charge in [-0.1, -0.05) is 0 Å². The zero-order chi connectivity index (χ0) is 12.5. The van der Waals surface area contributed by atoms with Crippen molar-refractivity contribution in [3.63, 3.8) is 0 Å². The van der Waals surface area contributed by atoms with Gasteiger partial charge >= 0.3 is 0 Å². The second kappa shape index (κ2) is 4.25. The Labute approximate surface area is 106 Å². The maximum absolute atomic E-state index is 5.21. The Morgan fingerprint density at radius 3 is 3.00 bits per heavy atom. The lowest BCUT2D eigenvalue weighted by atomic mass is 10.1. The average molecular weight is 244 g/mol. The molecule has 0 saturated heterocycles. The highest BCUT2D eigenvalue weighted by atomic mass is 16.5. The summed E-state index contributed by atoms with van der Waals surface area (Å²) in [6.45, 7) is 0.839. The number of hydrogen-bond acceptors (Lipinski definition) is 4. The van der Waals surface area contributed by atoms with Crippen LogP contribution in [0.15, 0.2) is 30.6 Å². The van der Waals surface area contributed by atoms with Crippen LogP contribution in [0.25, 0.3) is 0 Å². The van der Waals surface area contributed by atoms with Crippen LogP contribution in [0.5, 0.6) is 5.75 Å². The zero-order valence-electron chi connectivity index (χ0n) is 10.5. The molecule has 2 N–H and O–H groups in total. The highest BCUT2D eigenvalue weighted by Crippen LogP contribution is 2.33. The van der Waals surface area contributed by atoms with E-state index in [0.29, 0.717) is 0 Å². The number of methoxy groups -OCH3 is 1. The summed E-state index contributed by atoms with van der Waals surface area (Å²) in [5.74, 6) is 0.864. The molecule has 1 aromatic carbocycles. The number of ether oxygens (including phenoxy) is 1. The Kier molecular flexibility index (Phi) is 2.59. The van der Waals surface area contributed by atoms with Crippen molar-refractivity contribution in [1.29, 1.82) is 0 Å². The molecule has 0 spiro atoms. The molecule has 0 fully saturated rings. The smallest absolute Gasteiger partial charge is 0.121 e. The van der Waals surface area contributed by atoms with E-state index in [4.69, 9.17) is 4.74 Å². The van der Waals surface area contributed by atoms with E-state index >= 15 is 0 Å². The fourth-order valence-corrected chi connectivity index (χ4v) is 2.19. The second-order valence-electron chi connectivity index (χ2n) is 4.44. The minimum Gasteiger partial charge on any atom is -0.497 e. The lowest BCUT2D eigenvalue weighted by Crippen LogP contribution is -2.25. The first-order valence-corrected chi connectivity index (χ1v) is 5.93. The molecule has 0 bridgehead atoms. The molecule has 94 valence electrons. The molecular weight excluding hydrogens is 228 g/mol. The van der Waals surface area contributed by atoms with Crippen molar-refractivity contribution in [3.8, 4) is 5.75 Å². The van der Waals surface area contributed by atoms with Crippen molar-refractivity contribution in [2.75, 3.05) is 24.3 Å². The number of hydrogen-bond donors (Lipinski definition) is 2. The standard InChI is InChI=1S/C13H16N4O/c1-17-8-9(6-15-17)13-7-14-12-5-10(18-2)3-4-11(12)16-13/h3-6,8,13-14,16H,7H2,1-2H3. The van der Waals surface area contributed by atoms with Crippen molar-refractivity contribution in [2.45, 2.75) is 6.04 Å². The highest BCUT2D eigenvalue weighted by Gasteiger charge is 2.19. The third-order valence-corrected chi connectivity index (χ3v) is 3.18. The van der Waals surface area contributed by atoms with Crippen molar-refractivity contribution < 1.29 is 4.74 Å². The topological polar surface area (TPSA) is 51.1 Å². The van der Waals surface area contributed by atoms with Crippen LogP contribution in [-0.2, 0) is 7.05 Å². The van der Waals surface area contributed by atoms with Crippen LogP contribution in [0.3, 0.4) is 0 Å². The quantitative estimate of drug-likeness (QED) is 0.848. The van der Waals surface area contributed by atoms with Crippen LogP contribution in [-0.4, -0.2) is 23.4 Å². The van der Waals surface area contributed by atoms with Gasteiger partial charge in [-0.25, -0.2) is 0 Å². The number of nitrogens with one attached hydrogen (secondary N) is 2. The molecule has 0 aliphatic carbocycles. The van der Waals surface area contributed by atoms with Crippen LogP contribution >= 0.6 is 0 Å². The Hall–Kier alpha value is -2.17. The second-order valence-corrected chi connectivity index (χ2v) is 4.44. The van der Waals surface area contributed by atoms with Crippen molar-refractivity contribution in [1.82, 2.24) is 9.78 Å². The lowest BCUT2D eigenvalue weighted by molar-refractivity contribution is 0.415. The third-order valence-electron chi connectivity index (χ3n) is 3.18. The summed E-state index contributed by atoms with van der Waals surface area (Å²) < 4.78 is 7.03. The van der Waals surface area contributed by atoms with Gasteiger partial charge in [0.2, 0.25) is 0 Å². The van der Waals surface area contributed by atoms with Gasteiger partial charge in [0.25, 0.3) is 0 Å². The summed E-state index contributed by atoms with van der Waals surface area (Å²) in [5.41, 5.74) is 3.36. The van der Waals surface area contributed by atoms with Crippen molar-refractivity contribution in [3.05, 3.63) is 36.2 Å². The van der Waals surface area contributed by atoms with E-state index in [9.17, 15) is 0 Å². The number of rotatable bonds is 2. The van der Waals surface area contributed by atoms with Crippen LogP contribution in [0, 0.1) is 0 Å². The van der Waals surface area contributed by atoms with Gasteiger partial charge in [-0.05, 0) is 12.1 Å². The van der Waals surface area contributed by atoms with Crippen molar-refractivity contribution >= 4 is 11.4 Å². The predicted octanol–water partition coefficient (Wildman–Crippen LogP) is 2.01. The van der Waals surface area contributed by atoms with E-state index in [1.54, 1.807) is 7.11 Å². The number of anilines is 2. The molecule has 2 heterocycles. The molecule has 18 heavy (non-hydrogen) atoms. The minimum absolute atomic E-state index is 0.250. The highest BCUT2D eigenvalue weighted by molar-refractivity contribution is 5.73. The maximum atomic E-state index is 5.21. The summed E-state index contributed by atoms with van der Waals surface area (Å²) in [6.07, 6.45) is 3.93. The summed E-state index contributed by atoms with van der Waals surface area (Å²) in [6, 6.07) is 6.24. The molecule has 0 amide bonds. The monoisotopic (exact) mass is 244 g/mol. The van der Waals surface area contributed by atoms with Crippen molar-refractivity contribution in [2.24, 2.45) is 7.05 Å². The van der Waals surface area contributed by atoms with Gasteiger partial charge < -0.3 is 15.4 Å². The van der Waals surface area contributed by atoms with E-state index in [1.807, 2.05) is 42.3 Å². The van der Waals surface area contributed by atoms with E-state index in [-0.39, 0.29) is 6.04 Å². The summed E-state index contributed by atoms with van der Waals surface area (Å²) in [5, 5.41) is 11.1. The number of aryl methyl sites for hydroxylation is 1. The maximum Gasteiger partial charge on any atom is 0.121 e. The van der Waals surface area contributed by atoms with Crippen LogP contribution in [0.2, 0.25) is 0 Å². The molecule has 3 rings (SSSR count).